The van der Waals surface area contributed by atoms with Crippen LogP contribution in [0.1, 0.15) is 34.3 Å². The van der Waals surface area contributed by atoms with Gasteiger partial charge in [-0.05, 0) is 99.0 Å². The van der Waals surface area contributed by atoms with Crippen molar-refractivity contribution in [3.8, 4) is 22.3 Å². The zero-order valence-corrected chi connectivity index (χ0v) is 21.1. The van der Waals surface area contributed by atoms with E-state index < -0.39 is 238 Å². The van der Waals surface area contributed by atoms with Crippen molar-refractivity contribution < 1.29 is 34.3 Å². The van der Waals surface area contributed by atoms with Crippen LogP contribution in [-0.4, -0.2) is 0 Å². The van der Waals surface area contributed by atoms with E-state index in [-0.39, 0.29) is 0 Å². The van der Waals surface area contributed by atoms with E-state index in [1.54, 1.807) is 0 Å². The molecule has 0 saturated carbocycles. The molecule has 9 rings (SSSR count). The van der Waals surface area contributed by atoms with E-state index >= 15 is 0 Å². The minimum atomic E-state index is -0.930. The number of fused-ring (bicyclic) bond motifs is 8. The fourth-order valence-corrected chi connectivity index (χ4v) is 5.26. The molecule has 0 fully saturated rings. The standard InChI is InChI=1S/C42H26/c1-3-11-33-27(9-1)19-21-30-25-31(23-24-35(30)33)41-36-13-5-7-15-38(36)42(39-16-8-6-14-37(39)41)32-22-20-29-18-17-28-10-2-4-12-34(28)40(29)26-32/h1-26H/i1D,2D,3D,4D,5D,6D,7D,8D,9D,10D,11D,12D,13D,15D,16D,17D,18D,19D,20D,21D,22D,23D,24D,25D,26D. The highest BCUT2D eigenvalue weighted by Crippen LogP contribution is 2.45. The molecule has 0 unspecified atom stereocenters. The van der Waals surface area contributed by atoms with Crippen LogP contribution in [0.15, 0.2) is 157 Å². The Hall–Kier alpha value is -5.46. The average Bonchev–Trinajstić information content (AvgIpc) is 3.29. The van der Waals surface area contributed by atoms with Crippen LogP contribution < -0.4 is 0 Å². The average molecular weight is 556 g/mol. The molecule has 0 saturated heterocycles. The summed E-state index contributed by atoms with van der Waals surface area (Å²) in [5.74, 6) is 0. The fraction of sp³-hybridized carbons (Fsp3) is 0. The summed E-state index contributed by atoms with van der Waals surface area (Å²) in [5.41, 5.74) is -2.51. The van der Waals surface area contributed by atoms with Crippen LogP contribution in [-0.2, 0) is 0 Å². The van der Waals surface area contributed by atoms with E-state index in [1.807, 2.05) is 0 Å². The maximum Gasteiger partial charge on any atom is 0.0636 e. The molecule has 0 N–H and O–H groups in total. The van der Waals surface area contributed by atoms with E-state index in [1.165, 1.54) is 0 Å². The molecule has 0 heterocycles. The second-order valence-electron chi connectivity index (χ2n) is 9.33. The molecule has 0 radical (unpaired) electrons. The first-order valence-corrected chi connectivity index (χ1v) is 12.6. The summed E-state index contributed by atoms with van der Waals surface area (Å²) >= 11 is 0. The van der Waals surface area contributed by atoms with Crippen LogP contribution in [0.2, 0.25) is 0 Å². The first-order valence-electron chi connectivity index (χ1n) is 25.1. The predicted molar refractivity (Wildman–Crippen MR) is 182 cm³/mol. The Morgan fingerprint density at radius 3 is 1.43 bits per heavy atom. The van der Waals surface area contributed by atoms with Crippen molar-refractivity contribution >= 4 is 64.6 Å². The van der Waals surface area contributed by atoms with Crippen molar-refractivity contribution in [3.63, 3.8) is 0 Å². The molecule has 9 aromatic carbocycles. The third kappa shape index (κ3) is 3.42. The van der Waals surface area contributed by atoms with Crippen LogP contribution in [0.5, 0.6) is 0 Å². The van der Waals surface area contributed by atoms with Gasteiger partial charge in [-0.2, -0.15) is 0 Å². The summed E-state index contributed by atoms with van der Waals surface area (Å²) in [6.45, 7) is 0. The van der Waals surface area contributed by atoms with E-state index in [4.69, 9.17) is 21.9 Å². The second kappa shape index (κ2) is 9.03. The molecule has 0 amide bonds. The highest BCUT2D eigenvalue weighted by Gasteiger charge is 2.17. The topological polar surface area (TPSA) is 0 Å². The zero-order chi connectivity index (χ0) is 49.4. The summed E-state index contributed by atoms with van der Waals surface area (Å²) in [5, 5.41) is -6.31. The molecule has 0 aliphatic rings. The van der Waals surface area contributed by atoms with Gasteiger partial charge in [-0.1, -0.05) is 145 Å². The summed E-state index contributed by atoms with van der Waals surface area (Å²) in [6, 6.07) is -19.6. The Kier molecular flexibility index (Phi) is 2.05. The van der Waals surface area contributed by atoms with E-state index in [0.717, 1.165) is 6.07 Å². The van der Waals surface area contributed by atoms with Gasteiger partial charge in [0.1, 0.15) is 0 Å². The Balaban J connectivity index is 1.62. The molecule has 42 heavy (non-hydrogen) atoms. The zero-order valence-electron chi connectivity index (χ0n) is 46.1. The lowest BCUT2D eigenvalue weighted by Crippen LogP contribution is -1.91. The van der Waals surface area contributed by atoms with Gasteiger partial charge in [0, 0.05) is 0 Å². The monoisotopic (exact) mass is 555 g/mol. The van der Waals surface area contributed by atoms with Gasteiger partial charge in [-0.15, -0.1) is 0 Å². The number of benzene rings is 9. The normalized spacial score (nSPS) is 20.1. The minimum Gasteiger partial charge on any atom is -0.0616 e. The van der Waals surface area contributed by atoms with E-state index in [0.29, 0.717) is 0 Å². The van der Waals surface area contributed by atoms with Crippen LogP contribution in [0, 0.1) is 0 Å². The minimum absolute atomic E-state index is 0.431. The van der Waals surface area contributed by atoms with Gasteiger partial charge >= 0.3 is 0 Å². The molecule has 0 atom stereocenters. The Morgan fingerprint density at radius 1 is 0.286 bits per heavy atom. The van der Waals surface area contributed by atoms with Gasteiger partial charge in [0.05, 0.1) is 34.3 Å². The lowest BCUT2D eigenvalue weighted by molar-refractivity contribution is 1.69. The molecule has 0 aromatic heterocycles. The molecular weight excluding hydrogens is 504 g/mol. The molecule has 0 heteroatoms. The van der Waals surface area contributed by atoms with Gasteiger partial charge in [0.25, 0.3) is 0 Å². The number of hydrogen-bond donors (Lipinski definition) is 0. The molecule has 0 bridgehead atoms. The molecule has 0 aliphatic heterocycles. The van der Waals surface area contributed by atoms with E-state index in [2.05, 4.69) is 0 Å². The summed E-state index contributed by atoms with van der Waals surface area (Å²) in [7, 11) is 0. The van der Waals surface area contributed by atoms with Crippen LogP contribution in [0.25, 0.3) is 86.9 Å². The largest absolute Gasteiger partial charge is 0.0636 e. The maximum atomic E-state index is 9.75. The Morgan fingerprint density at radius 2 is 0.714 bits per heavy atom. The fourth-order valence-electron chi connectivity index (χ4n) is 5.26. The molecular formula is C42H26. The van der Waals surface area contributed by atoms with Crippen molar-refractivity contribution in [1.82, 2.24) is 0 Å². The van der Waals surface area contributed by atoms with Crippen LogP contribution in [0.4, 0.5) is 0 Å². The highest BCUT2D eigenvalue weighted by atomic mass is 14.2. The van der Waals surface area contributed by atoms with Crippen molar-refractivity contribution in [1.29, 1.82) is 0 Å². The van der Waals surface area contributed by atoms with Gasteiger partial charge in [-0.25, -0.2) is 0 Å². The smallest absolute Gasteiger partial charge is 0.0616 e. The maximum absolute atomic E-state index is 9.75. The predicted octanol–water partition coefficient (Wildman–Crippen LogP) is 11.9. The van der Waals surface area contributed by atoms with Gasteiger partial charge in [0.15, 0.2) is 0 Å². The molecule has 0 nitrogen and oxygen atoms in total. The van der Waals surface area contributed by atoms with E-state index in [9.17, 15) is 12.3 Å². The summed E-state index contributed by atoms with van der Waals surface area (Å²) in [4.78, 5) is 0. The number of rotatable bonds is 2. The van der Waals surface area contributed by atoms with Crippen LogP contribution >= 0.6 is 0 Å². The van der Waals surface area contributed by atoms with Crippen molar-refractivity contribution in [3.05, 3.63) is 157 Å². The highest BCUT2D eigenvalue weighted by molar-refractivity contribution is 6.23. The molecule has 0 spiro atoms. The van der Waals surface area contributed by atoms with Crippen LogP contribution in [0.3, 0.4) is 0 Å². The quantitative estimate of drug-likeness (QED) is 0.147. The molecule has 9 aromatic rings. The summed E-state index contributed by atoms with van der Waals surface area (Å²) in [6.07, 6.45) is 0. The second-order valence-corrected chi connectivity index (χ2v) is 9.33. The van der Waals surface area contributed by atoms with Crippen molar-refractivity contribution in [2.75, 3.05) is 0 Å². The lowest BCUT2D eigenvalue weighted by atomic mass is 9.85. The number of hydrogen-bond acceptors (Lipinski definition) is 0. The SMILES string of the molecule is [2H]c1cc2c(-c3c([2H])c([2H])c4c(c3[2H])c([2H])c([2H])c3c([2H])c([2H])c([2H])c([2H])c34)c3c([2H])c([2H])c([2H])c([2H])c3c(-c3c([2H])c([2H])c4c([2H])c([2H])c5c([2H])c([2H])c([2H])c([2H])c5c4c3[2H])c2c([2H])c1[2H]. The third-order valence-electron chi connectivity index (χ3n) is 7.08. The van der Waals surface area contributed by atoms with Crippen molar-refractivity contribution in [2.45, 2.75) is 0 Å². The van der Waals surface area contributed by atoms with Gasteiger partial charge in [-0.3, -0.25) is 0 Å². The lowest BCUT2D eigenvalue weighted by Gasteiger charge is -2.18. The van der Waals surface area contributed by atoms with Gasteiger partial charge in [0.2, 0.25) is 0 Å². The third-order valence-corrected chi connectivity index (χ3v) is 7.08. The molecule has 194 valence electrons. The Labute approximate surface area is 279 Å². The van der Waals surface area contributed by atoms with Gasteiger partial charge < -0.3 is 0 Å². The Bertz CT molecular complexity index is 3910. The first kappa shape index (κ1) is 9.54. The first-order chi connectivity index (χ1) is 31.3. The van der Waals surface area contributed by atoms with Crippen molar-refractivity contribution in [2.24, 2.45) is 0 Å². The molecule has 0 aliphatic carbocycles. The summed E-state index contributed by atoms with van der Waals surface area (Å²) < 4.78 is 224.